The Balaban J connectivity index is 0.948. The van der Waals surface area contributed by atoms with Crippen LogP contribution in [0.25, 0.3) is 78.7 Å². The maximum atomic E-state index is 5.11. The minimum absolute atomic E-state index is 0.420. The summed E-state index contributed by atoms with van der Waals surface area (Å²) in [5, 5.41) is 0. The Hall–Kier alpha value is -7.66. The number of fused-ring (bicyclic) bond motifs is 9. The molecule has 1 aliphatic heterocycles. The van der Waals surface area contributed by atoms with Gasteiger partial charge in [0.05, 0.1) is 5.41 Å². The first kappa shape index (κ1) is 36.2. The Kier molecular flexibility index (Phi) is 8.65. The van der Waals surface area contributed by atoms with Crippen molar-refractivity contribution in [2.75, 3.05) is 0 Å². The van der Waals surface area contributed by atoms with E-state index in [1.807, 2.05) is 23.9 Å². The highest BCUT2D eigenvalue weighted by Crippen LogP contribution is 2.62. The maximum absolute atomic E-state index is 5.11. The summed E-state index contributed by atoms with van der Waals surface area (Å²) >= 11 is 1.87. The standard InChI is InChI=1S/C58H37N3S/c1-3-13-38(14-4-1)40-23-29-43(30-24-40)55-59-56(44-31-25-41(26-32-44)39-15-5-2-6-16-39)61-57(60-55)45-33-27-42(28-34-45)46-35-36-54-52(37-46)58(51-21-11-12-22-53(51)62-54)49-19-9-7-17-47(49)48-18-8-10-20-50(48)58/h1-37H. The van der Waals surface area contributed by atoms with Crippen molar-refractivity contribution in [2.24, 2.45) is 0 Å². The lowest BCUT2D eigenvalue weighted by Gasteiger charge is -2.40. The van der Waals surface area contributed by atoms with E-state index in [2.05, 4.69) is 212 Å². The van der Waals surface area contributed by atoms with Gasteiger partial charge in [-0.05, 0) is 85.0 Å². The molecule has 1 aromatic heterocycles. The number of rotatable bonds is 6. The van der Waals surface area contributed by atoms with Gasteiger partial charge < -0.3 is 0 Å². The van der Waals surface area contributed by atoms with E-state index in [1.165, 1.54) is 59.9 Å². The summed E-state index contributed by atoms with van der Waals surface area (Å²) in [6, 6.07) is 80.5. The summed E-state index contributed by atoms with van der Waals surface area (Å²) < 4.78 is 0. The van der Waals surface area contributed by atoms with Gasteiger partial charge in [0.1, 0.15) is 0 Å². The van der Waals surface area contributed by atoms with Crippen molar-refractivity contribution >= 4 is 11.8 Å². The van der Waals surface area contributed by atoms with Gasteiger partial charge in [-0.25, -0.2) is 15.0 Å². The number of hydrogen-bond acceptors (Lipinski definition) is 4. The number of hydrogen-bond donors (Lipinski definition) is 0. The van der Waals surface area contributed by atoms with Crippen LogP contribution in [-0.2, 0) is 5.41 Å². The third kappa shape index (κ3) is 5.94. The largest absolute Gasteiger partial charge is 0.208 e. The van der Waals surface area contributed by atoms with Crippen LogP contribution in [0.5, 0.6) is 0 Å². The molecule has 0 amide bonds. The zero-order valence-corrected chi connectivity index (χ0v) is 34.4. The molecule has 1 spiro atoms. The van der Waals surface area contributed by atoms with E-state index in [-0.39, 0.29) is 0 Å². The molecule has 0 radical (unpaired) electrons. The predicted octanol–water partition coefficient (Wildman–Crippen LogP) is 14.7. The molecule has 0 unspecified atom stereocenters. The maximum Gasteiger partial charge on any atom is 0.164 e. The van der Waals surface area contributed by atoms with Gasteiger partial charge in [-0.1, -0.05) is 218 Å². The Labute approximate surface area is 365 Å². The first-order chi connectivity index (χ1) is 30.7. The Morgan fingerprint density at radius 1 is 0.258 bits per heavy atom. The number of benzene rings is 9. The van der Waals surface area contributed by atoms with Crippen molar-refractivity contribution in [1.82, 2.24) is 15.0 Å². The molecule has 0 saturated heterocycles. The van der Waals surface area contributed by atoms with Gasteiger partial charge in [0, 0.05) is 26.5 Å². The van der Waals surface area contributed by atoms with Crippen molar-refractivity contribution in [3.05, 3.63) is 247 Å². The Morgan fingerprint density at radius 3 is 1.08 bits per heavy atom. The fraction of sp³-hybridized carbons (Fsp3) is 0.0172. The van der Waals surface area contributed by atoms with Crippen molar-refractivity contribution in [3.8, 4) is 78.7 Å². The summed E-state index contributed by atoms with van der Waals surface area (Å²) in [5.41, 5.74) is 17.3. The lowest BCUT2D eigenvalue weighted by atomic mass is 9.67. The van der Waals surface area contributed by atoms with E-state index in [0.29, 0.717) is 17.5 Å². The van der Waals surface area contributed by atoms with Crippen LogP contribution in [0.15, 0.2) is 234 Å². The molecule has 3 nitrogen and oxygen atoms in total. The van der Waals surface area contributed by atoms with Crippen molar-refractivity contribution < 1.29 is 0 Å². The Bertz CT molecular complexity index is 3140. The summed E-state index contributed by atoms with van der Waals surface area (Å²) in [5.74, 6) is 1.90. The molecule has 62 heavy (non-hydrogen) atoms. The molecule has 4 heteroatoms. The van der Waals surface area contributed by atoms with Gasteiger partial charge in [-0.15, -0.1) is 0 Å². The molecular weight excluding hydrogens is 771 g/mol. The fourth-order valence-corrected chi connectivity index (χ4v) is 10.7. The first-order valence-corrected chi connectivity index (χ1v) is 21.8. The second-order valence-electron chi connectivity index (χ2n) is 15.9. The normalized spacial score (nSPS) is 12.9. The molecule has 12 rings (SSSR count). The number of nitrogens with zero attached hydrogens (tertiary/aromatic N) is 3. The molecule has 2 heterocycles. The lowest BCUT2D eigenvalue weighted by molar-refractivity contribution is 0.723. The summed E-state index contributed by atoms with van der Waals surface area (Å²) in [6.07, 6.45) is 0. The van der Waals surface area contributed by atoms with E-state index < -0.39 is 5.41 Å². The second kappa shape index (κ2) is 14.8. The van der Waals surface area contributed by atoms with Crippen molar-refractivity contribution in [3.63, 3.8) is 0 Å². The quantitative estimate of drug-likeness (QED) is 0.168. The van der Waals surface area contributed by atoms with Gasteiger partial charge in [-0.2, -0.15) is 0 Å². The first-order valence-electron chi connectivity index (χ1n) is 21.0. The third-order valence-corrected chi connectivity index (χ3v) is 13.6. The summed E-state index contributed by atoms with van der Waals surface area (Å²) in [7, 11) is 0. The van der Waals surface area contributed by atoms with E-state index in [1.54, 1.807) is 0 Å². The average molecular weight is 808 g/mol. The summed E-state index contributed by atoms with van der Waals surface area (Å²) in [6.45, 7) is 0. The van der Waals surface area contributed by atoms with Crippen LogP contribution in [-0.4, -0.2) is 15.0 Å². The third-order valence-electron chi connectivity index (χ3n) is 12.5. The van der Waals surface area contributed by atoms with Crippen LogP contribution in [0.1, 0.15) is 22.3 Å². The lowest BCUT2D eigenvalue weighted by Crippen LogP contribution is -2.32. The zero-order valence-electron chi connectivity index (χ0n) is 33.6. The summed E-state index contributed by atoms with van der Waals surface area (Å²) in [4.78, 5) is 17.9. The molecule has 10 aromatic rings. The second-order valence-corrected chi connectivity index (χ2v) is 17.0. The van der Waals surface area contributed by atoms with Gasteiger partial charge >= 0.3 is 0 Å². The molecule has 0 atom stereocenters. The molecule has 0 N–H and O–H groups in total. The predicted molar refractivity (Wildman–Crippen MR) is 254 cm³/mol. The van der Waals surface area contributed by atoms with E-state index in [4.69, 9.17) is 15.0 Å². The van der Waals surface area contributed by atoms with Crippen LogP contribution in [0.4, 0.5) is 0 Å². The average Bonchev–Trinajstić information content (AvgIpc) is 3.65. The molecule has 290 valence electrons. The molecule has 1 aliphatic carbocycles. The molecule has 9 aromatic carbocycles. The zero-order chi connectivity index (χ0) is 41.0. The van der Waals surface area contributed by atoms with Gasteiger partial charge in [0.25, 0.3) is 0 Å². The van der Waals surface area contributed by atoms with E-state index >= 15 is 0 Å². The highest BCUT2D eigenvalue weighted by atomic mass is 32.2. The van der Waals surface area contributed by atoms with Gasteiger partial charge in [-0.3, -0.25) is 0 Å². The van der Waals surface area contributed by atoms with Crippen LogP contribution >= 0.6 is 11.8 Å². The number of aromatic nitrogens is 3. The van der Waals surface area contributed by atoms with Gasteiger partial charge in [0.2, 0.25) is 0 Å². The van der Waals surface area contributed by atoms with Crippen LogP contribution in [0, 0.1) is 0 Å². The molecule has 0 fully saturated rings. The van der Waals surface area contributed by atoms with E-state index in [0.717, 1.165) is 33.4 Å². The van der Waals surface area contributed by atoms with Crippen LogP contribution in [0.3, 0.4) is 0 Å². The minimum Gasteiger partial charge on any atom is -0.208 e. The van der Waals surface area contributed by atoms with Crippen molar-refractivity contribution in [1.29, 1.82) is 0 Å². The van der Waals surface area contributed by atoms with Gasteiger partial charge in [0.15, 0.2) is 17.5 Å². The fourth-order valence-electron chi connectivity index (χ4n) is 9.50. The molecule has 0 bridgehead atoms. The Morgan fingerprint density at radius 2 is 0.597 bits per heavy atom. The monoisotopic (exact) mass is 807 g/mol. The SMILES string of the molecule is c1ccc(-c2ccc(-c3nc(-c4ccc(-c5ccccc5)cc4)nc(-c4ccc(-c5ccc6c(c5)C5(c7ccccc7S6)c6ccccc6-c6ccccc65)cc4)n3)cc2)cc1. The molecule has 0 saturated carbocycles. The highest BCUT2D eigenvalue weighted by Gasteiger charge is 2.50. The van der Waals surface area contributed by atoms with Crippen molar-refractivity contribution in [2.45, 2.75) is 15.2 Å². The molecular formula is C58H37N3S. The van der Waals surface area contributed by atoms with Crippen LogP contribution in [0.2, 0.25) is 0 Å². The van der Waals surface area contributed by atoms with E-state index in [9.17, 15) is 0 Å². The minimum atomic E-state index is -0.420. The highest BCUT2D eigenvalue weighted by molar-refractivity contribution is 7.99. The van der Waals surface area contributed by atoms with Crippen LogP contribution < -0.4 is 0 Å². The smallest absolute Gasteiger partial charge is 0.164 e. The molecule has 2 aliphatic rings. The topological polar surface area (TPSA) is 38.7 Å².